The molecule has 1 aliphatic heterocycles. The van der Waals surface area contributed by atoms with Crippen LogP contribution in [0.1, 0.15) is 28.2 Å². The maximum Gasteiger partial charge on any atom is 0.255 e. The Labute approximate surface area is 134 Å². The van der Waals surface area contributed by atoms with Gasteiger partial charge in [0.15, 0.2) is 0 Å². The van der Waals surface area contributed by atoms with Crippen LogP contribution in [-0.4, -0.2) is 39.4 Å². The van der Waals surface area contributed by atoms with Gasteiger partial charge in [-0.05, 0) is 38.5 Å². The smallest absolute Gasteiger partial charge is 0.255 e. The number of carbonyl (C=O) groups excluding carboxylic acids is 2. The molecule has 23 heavy (non-hydrogen) atoms. The average molecular weight is 312 g/mol. The van der Waals surface area contributed by atoms with E-state index in [1.54, 1.807) is 17.3 Å². The van der Waals surface area contributed by atoms with Crippen LogP contribution in [0.5, 0.6) is 0 Å². The monoisotopic (exact) mass is 312 g/mol. The number of pyridine rings is 1. The quantitative estimate of drug-likeness (QED) is 0.931. The summed E-state index contributed by atoms with van der Waals surface area (Å²) in [5.41, 5.74) is 8.79. The lowest BCUT2D eigenvalue weighted by Crippen LogP contribution is -2.32. The minimum Gasteiger partial charge on any atom is -0.369 e. The number of nitrogens with two attached hydrogens (primary N) is 1. The summed E-state index contributed by atoms with van der Waals surface area (Å²) < 4.78 is 2.02. The van der Waals surface area contributed by atoms with Crippen molar-refractivity contribution < 1.29 is 9.59 Å². The molecule has 1 aliphatic rings. The van der Waals surface area contributed by atoms with Gasteiger partial charge < -0.3 is 15.2 Å². The first-order valence-electron chi connectivity index (χ1n) is 7.67. The number of nitrogens with zero attached hydrogens (tertiary/aromatic N) is 3. The fraction of sp³-hybridized carbons (Fsp3) is 0.353. The molecule has 0 aliphatic carbocycles. The van der Waals surface area contributed by atoms with Gasteiger partial charge in [0.25, 0.3) is 5.91 Å². The summed E-state index contributed by atoms with van der Waals surface area (Å²) in [6.45, 7) is 4.87. The highest BCUT2D eigenvalue weighted by Crippen LogP contribution is 2.24. The molecule has 6 nitrogen and oxygen atoms in total. The van der Waals surface area contributed by atoms with Crippen LogP contribution < -0.4 is 5.73 Å². The third-order valence-electron chi connectivity index (χ3n) is 4.44. The lowest BCUT2D eigenvalue weighted by atomic mass is 10.1. The molecule has 0 radical (unpaired) electrons. The van der Waals surface area contributed by atoms with Crippen LogP contribution in [0.15, 0.2) is 30.6 Å². The molecule has 6 heteroatoms. The van der Waals surface area contributed by atoms with Crippen molar-refractivity contribution in [1.82, 2.24) is 14.5 Å². The lowest BCUT2D eigenvalue weighted by Gasteiger charge is -2.16. The molecule has 1 atom stereocenters. The molecule has 0 saturated carbocycles. The third-order valence-corrected chi connectivity index (χ3v) is 4.44. The van der Waals surface area contributed by atoms with E-state index in [0.717, 1.165) is 17.1 Å². The lowest BCUT2D eigenvalue weighted by molar-refractivity contribution is -0.121. The maximum atomic E-state index is 12.8. The molecule has 0 aromatic carbocycles. The molecule has 0 bridgehead atoms. The predicted octanol–water partition coefficient (Wildman–Crippen LogP) is 1.44. The summed E-state index contributed by atoms with van der Waals surface area (Å²) in [4.78, 5) is 29.9. The maximum absolute atomic E-state index is 12.8. The van der Waals surface area contributed by atoms with Gasteiger partial charge in [-0.15, -0.1) is 0 Å². The second-order valence-electron chi connectivity index (χ2n) is 5.97. The van der Waals surface area contributed by atoms with Crippen molar-refractivity contribution in [1.29, 1.82) is 0 Å². The Balaban J connectivity index is 1.90. The largest absolute Gasteiger partial charge is 0.369 e. The van der Waals surface area contributed by atoms with Crippen molar-refractivity contribution in [2.45, 2.75) is 20.3 Å². The Bertz CT molecular complexity index is 751. The molecular formula is C17H20N4O2. The van der Waals surface area contributed by atoms with Crippen LogP contribution in [0.25, 0.3) is 5.69 Å². The van der Waals surface area contributed by atoms with Gasteiger partial charge in [0.1, 0.15) is 0 Å². The number of rotatable bonds is 3. The van der Waals surface area contributed by atoms with Crippen LogP contribution in [0.3, 0.4) is 0 Å². The number of aromatic nitrogens is 2. The molecular weight excluding hydrogens is 292 g/mol. The van der Waals surface area contributed by atoms with Crippen molar-refractivity contribution in [2.75, 3.05) is 13.1 Å². The highest BCUT2D eigenvalue weighted by molar-refractivity contribution is 5.96. The molecule has 1 unspecified atom stereocenters. The standard InChI is InChI=1S/C17H20N4O2/c1-11-8-15(12(2)21(11)14-4-3-6-19-9-14)17(23)20-7-5-13(10-20)16(18)22/h3-4,6,8-9,13H,5,7,10H2,1-2H3,(H2,18,22). The Morgan fingerprint density at radius 2 is 2.13 bits per heavy atom. The van der Waals surface area contributed by atoms with Gasteiger partial charge in [0.2, 0.25) is 5.91 Å². The number of carbonyl (C=O) groups is 2. The van der Waals surface area contributed by atoms with E-state index in [0.29, 0.717) is 25.1 Å². The minimum absolute atomic E-state index is 0.0445. The van der Waals surface area contributed by atoms with Crippen molar-refractivity contribution in [3.8, 4) is 5.69 Å². The van der Waals surface area contributed by atoms with Crippen molar-refractivity contribution >= 4 is 11.8 Å². The highest BCUT2D eigenvalue weighted by atomic mass is 16.2. The van der Waals surface area contributed by atoms with E-state index in [4.69, 9.17) is 5.73 Å². The van der Waals surface area contributed by atoms with Gasteiger partial charge in [-0.2, -0.15) is 0 Å². The van der Waals surface area contributed by atoms with Crippen molar-refractivity contribution in [3.05, 3.63) is 47.5 Å². The Kier molecular flexibility index (Phi) is 3.90. The number of hydrogen-bond donors (Lipinski definition) is 1. The molecule has 0 spiro atoms. The number of hydrogen-bond acceptors (Lipinski definition) is 3. The second-order valence-corrected chi connectivity index (χ2v) is 5.97. The topological polar surface area (TPSA) is 81.2 Å². The molecule has 2 aromatic rings. The van der Waals surface area contributed by atoms with E-state index in [9.17, 15) is 9.59 Å². The number of aryl methyl sites for hydroxylation is 1. The zero-order chi connectivity index (χ0) is 16.6. The molecule has 1 saturated heterocycles. The predicted molar refractivity (Wildman–Crippen MR) is 86.2 cm³/mol. The molecule has 2 aromatic heterocycles. The van der Waals surface area contributed by atoms with Gasteiger partial charge in [-0.25, -0.2) is 0 Å². The number of likely N-dealkylation sites (tertiary alicyclic amines) is 1. The van der Waals surface area contributed by atoms with E-state index < -0.39 is 0 Å². The first kappa shape index (κ1) is 15.3. The summed E-state index contributed by atoms with van der Waals surface area (Å²) in [6.07, 6.45) is 4.13. The first-order valence-corrected chi connectivity index (χ1v) is 7.67. The highest BCUT2D eigenvalue weighted by Gasteiger charge is 2.31. The van der Waals surface area contributed by atoms with E-state index >= 15 is 0 Å². The fourth-order valence-electron chi connectivity index (χ4n) is 3.21. The van der Waals surface area contributed by atoms with E-state index in [-0.39, 0.29) is 17.7 Å². The average Bonchev–Trinajstić information content (AvgIpc) is 3.13. The zero-order valence-electron chi connectivity index (χ0n) is 13.3. The Hall–Kier alpha value is -2.63. The first-order chi connectivity index (χ1) is 11.0. The summed E-state index contributed by atoms with van der Waals surface area (Å²) in [5, 5.41) is 0. The third kappa shape index (κ3) is 2.72. The van der Waals surface area contributed by atoms with Crippen LogP contribution in [0.2, 0.25) is 0 Å². The normalized spacial score (nSPS) is 17.5. The molecule has 2 amide bonds. The van der Waals surface area contributed by atoms with Gasteiger partial charge in [0, 0.05) is 30.7 Å². The Morgan fingerprint density at radius 3 is 2.74 bits per heavy atom. The summed E-state index contributed by atoms with van der Waals surface area (Å²) in [6, 6.07) is 5.72. The zero-order valence-corrected chi connectivity index (χ0v) is 13.3. The number of amides is 2. The van der Waals surface area contributed by atoms with Gasteiger partial charge in [-0.1, -0.05) is 0 Å². The Morgan fingerprint density at radius 1 is 1.35 bits per heavy atom. The summed E-state index contributed by atoms with van der Waals surface area (Å²) in [5.74, 6) is -0.612. The van der Waals surface area contributed by atoms with Crippen LogP contribution >= 0.6 is 0 Å². The van der Waals surface area contributed by atoms with Crippen molar-refractivity contribution in [3.63, 3.8) is 0 Å². The summed E-state index contributed by atoms with van der Waals surface area (Å²) in [7, 11) is 0. The van der Waals surface area contributed by atoms with Gasteiger partial charge in [-0.3, -0.25) is 14.6 Å². The molecule has 1 fully saturated rings. The van der Waals surface area contributed by atoms with Crippen LogP contribution in [0, 0.1) is 19.8 Å². The van der Waals surface area contributed by atoms with E-state index in [1.807, 2.05) is 36.6 Å². The minimum atomic E-state index is -0.332. The van der Waals surface area contributed by atoms with Gasteiger partial charge in [0.05, 0.1) is 23.4 Å². The number of primary amides is 1. The van der Waals surface area contributed by atoms with Gasteiger partial charge >= 0.3 is 0 Å². The fourth-order valence-corrected chi connectivity index (χ4v) is 3.21. The van der Waals surface area contributed by atoms with E-state index in [1.165, 1.54) is 0 Å². The van der Waals surface area contributed by atoms with Crippen LogP contribution in [0.4, 0.5) is 0 Å². The summed E-state index contributed by atoms with van der Waals surface area (Å²) >= 11 is 0. The van der Waals surface area contributed by atoms with Crippen LogP contribution in [-0.2, 0) is 4.79 Å². The second kappa shape index (κ2) is 5.87. The molecule has 3 rings (SSSR count). The molecule has 120 valence electrons. The molecule has 2 N–H and O–H groups in total. The molecule has 3 heterocycles. The van der Waals surface area contributed by atoms with E-state index in [2.05, 4.69) is 4.98 Å². The SMILES string of the molecule is Cc1cc(C(=O)N2CCC(C(N)=O)C2)c(C)n1-c1cccnc1. The van der Waals surface area contributed by atoms with Crippen molar-refractivity contribution in [2.24, 2.45) is 11.7 Å².